The second-order valence-electron chi connectivity index (χ2n) is 5.51. The summed E-state index contributed by atoms with van der Waals surface area (Å²) in [6, 6.07) is 8.52. The lowest BCUT2D eigenvalue weighted by atomic mass is 10.1. The van der Waals surface area contributed by atoms with E-state index >= 15 is 0 Å². The maximum Gasteiger partial charge on any atom is 0.573 e. The van der Waals surface area contributed by atoms with E-state index in [0.717, 1.165) is 11.3 Å². The highest BCUT2D eigenvalue weighted by atomic mass is 19.4. The van der Waals surface area contributed by atoms with Crippen LogP contribution in [0.5, 0.6) is 5.75 Å². The molecule has 0 fully saturated rings. The van der Waals surface area contributed by atoms with Crippen LogP contribution in [0, 0.1) is 6.92 Å². The van der Waals surface area contributed by atoms with E-state index in [2.05, 4.69) is 15.4 Å². The molecule has 8 heteroatoms. The molecule has 0 bridgehead atoms. The van der Waals surface area contributed by atoms with Gasteiger partial charge < -0.3 is 19.8 Å². The first-order valence-electron chi connectivity index (χ1n) is 7.68. The van der Waals surface area contributed by atoms with Crippen LogP contribution in [-0.4, -0.2) is 18.9 Å². The van der Waals surface area contributed by atoms with E-state index in [9.17, 15) is 18.0 Å². The molecule has 0 saturated heterocycles. The smallest absolute Gasteiger partial charge is 0.464 e. The average molecular weight is 356 g/mol. The van der Waals surface area contributed by atoms with Gasteiger partial charge in [-0.2, -0.15) is 0 Å². The molecule has 1 aromatic heterocycles. The van der Waals surface area contributed by atoms with Crippen molar-refractivity contribution in [3.63, 3.8) is 0 Å². The number of alkyl halides is 3. The minimum atomic E-state index is -4.70. The van der Waals surface area contributed by atoms with Gasteiger partial charge in [-0.3, -0.25) is 0 Å². The lowest BCUT2D eigenvalue weighted by Gasteiger charge is -2.13. The normalized spacial score (nSPS) is 12.5. The molecule has 1 atom stereocenters. The molecular weight excluding hydrogens is 337 g/mol. The highest BCUT2D eigenvalue weighted by Crippen LogP contribution is 2.22. The zero-order valence-corrected chi connectivity index (χ0v) is 13.8. The molecule has 0 radical (unpaired) electrons. The average Bonchev–Trinajstić information content (AvgIpc) is 2.94. The molecule has 1 unspecified atom stereocenters. The fraction of sp³-hybridized carbons (Fsp3) is 0.353. The third-order valence-corrected chi connectivity index (χ3v) is 3.39. The second kappa shape index (κ2) is 7.96. The number of nitrogens with one attached hydrogen (secondary N) is 2. The van der Waals surface area contributed by atoms with Gasteiger partial charge in [0.1, 0.15) is 17.3 Å². The molecule has 0 aliphatic rings. The number of urea groups is 1. The molecule has 0 spiro atoms. The monoisotopic (exact) mass is 356 g/mol. The van der Waals surface area contributed by atoms with Crippen LogP contribution in [0.4, 0.5) is 18.0 Å². The predicted octanol–water partition coefficient (Wildman–Crippen LogP) is 4.09. The molecule has 136 valence electrons. The van der Waals surface area contributed by atoms with Crippen molar-refractivity contribution in [3.05, 3.63) is 53.5 Å². The van der Waals surface area contributed by atoms with Crippen molar-refractivity contribution in [3.8, 4) is 5.75 Å². The standard InChI is InChI=1S/C17H19F3N2O3/c1-11-3-8-15(24-11)12(2)22-16(23)21-10-9-13-4-6-14(7-5-13)25-17(18,19)20/h3-8,12H,9-10H2,1-2H3,(H2,21,22,23). The van der Waals surface area contributed by atoms with Crippen molar-refractivity contribution >= 4 is 6.03 Å². The fourth-order valence-electron chi connectivity index (χ4n) is 2.18. The summed E-state index contributed by atoms with van der Waals surface area (Å²) in [4.78, 5) is 11.8. The quantitative estimate of drug-likeness (QED) is 0.819. The Labute approximate surface area is 143 Å². The predicted molar refractivity (Wildman–Crippen MR) is 85.2 cm³/mol. The third-order valence-electron chi connectivity index (χ3n) is 3.39. The maximum atomic E-state index is 12.1. The Kier molecular flexibility index (Phi) is 5.95. The van der Waals surface area contributed by atoms with Gasteiger partial charge in [0.25, 0.3) is 0 Å². The topological polar surface area (TPSA) is 63.5 Å². The summed E-state index contributed by atoms with van der Waals surface area (Å²) < 4.78 is 45.5. The van der Waals surface area contributed by atoms with Crippen LogP contribution in [0.15, 0.2) is 40.8 Å². The number of ether oxygens (including phenoxy) is 1. The van der Waals surface area contributed by atoms with Crippen molar-refractivity contribution in [1.29, 1.82) is 0 Å². The Balaban J connectivity index is 1.73. The number of benzene rings is 1. The van der Waals surface area contributed by atoms with E-state index in [1.54, 1.807) is 13.0 Å². The molecule has 0 saturated carbocycles. The van der Waals surface area contributed by atoms with Crippen LogP contribution in [0.1, 0.15) is 30.0 Å². The number of hydrogen-bond donors (Lipinski definition) is 2. The zero-order chi connectivity index (χ0) is 18.4. The van der Waals surface area contributed by atoms with E-state index in [0.29, 0.717) is 18.7 Å². The van der Waals surface area contributed by atoms with Crippen molar-refractivity contribution in [2.75, 3.05) is 6.54 Å². The van der Waals surface area contributed by atoms with Gasteiger partial charge in [-0.25, -0.2) is 4.79 Å². The number of rotatable bonds is 6. The number of amides is 2. The minimum Gasteiger partial charge on any atom is -0.464 e. The van der Waals surface area contributed by atoms with E-state index in [-0.39, 0.29) is 17.8 Å². The lowest BCUT2D eigenvalue weighted by Crippen LogP contribution is -2.37. The first-order valence-corrected chi connectivity index (χ1v) is 7.68. The van der Waals surface area contributed by atoms with Gasteiger partial charge in [0.05, 0.1) is 6.04 Å². The molecule has 2 aromatic rings. The van der Waals surface area contributed by atoms with E-state index in [1.165, 1.54) is 24.3 Å². The van der Waals surface area contributed by atoms with Crippen molar-refractivity contribution in [1.82, 2.24) is 10.6 Å². The Morgan fingerprint density at radius 3 is 2.44 bits per heavy atom. The SMILES string of the molecule is Cc1ccc(C(C)NC(=O)NCCc2ccc(OC(F)(F)F)cc2)o1. The highest BCUT2D eigenvalue weighted by Gasteiger charge is 2.30. The molecule has 5 nitrogen and oxygen atoms in total. The van der Waals surface area contributed by atoms with Gasteiger partial charge in [-0.05, 0) is 50.1 Å². The molecule has 1 heterocycles. The van der Waals surface area contributed by atoms with Gasteiger partial charge in [-0.15, -0.1) is 13.2 Å². The molecule has 1 aromatic carbocycles. The molecular formula is C17H19F3N2O3. The second-order valence-corrected chi connectivity index (χ2v) is 5.51. The van der Waals surface area contributed by atoms with E-state index in [1.807, 2.05) is 13.0 Å². The summed E-state index contributed by atoms with van der Waals surface area (Å²) in [6.07, 6.45) is -4.22. The van der Waals surface area contributed by atoms with Crippen molar-refractivity contribution in [2.45, 2.75) is 32.7 Å². The first-order chi connectivity index (χ1) is 11.7. The zero-order valence-electron chi connectivity index (χ0n) is 13.8. The van der Waals surface area contributed by atoms with E-state index in [4.69, 9.17) is 4.42 Å². The number of furan rings is 1. The van der Waals surface area contributed by atoms with Crippen LogP contribution in [-0.2, 0) is 6.42 Å². The van der Waals surface area contributed by atoms with Crippen LogP contribution < -0.4 is 15.4 Å². The number of hydrogen-bond acceptors (Lipinski definition) is 3. The summed E-state index contributed by atoms with van der Waals surface area (Å²) >= 11 is 0. The maximum absolute atomic E-state index is 12.1. The molecule has 2 N–H and O–H groups in total. The minimum absolute atomic E-state index is 0.271. The fourth-order valence-corrected chi connectivity index (χ4v) is 2.18. The summed E-state index contributed by atoms with van der Waals surface area (Å²) in [6.45, 7) is 3.97. The molecule has 2 amide bonds. The van der Waals surface area contributed by atoms with Gasteiger partial charge in [0.2, 0.25) is 0 Å². The van der Waals surface area contributed by atoms with Crippen molar-refractivity contribution in [2.24, 2.45) is 0 Å². The number of halogens is 3. The molecule has 0 aliphatic heterocycles. The number of aryl methyl sites for hydroxylation is 1. The van der Waals surface area contributed by atoms with E-state index < -0.39 is 6.36 Å². The van der Waals surface area contributed by atoms with Crippen molar-refractivity contribution < 1.29 is 27.1 Å². The largest absolute Gasteiger partial charge is 0.573 e. The Morgan fingerprint density at radius 2 is 1.88 bits per heavy atom. The summed E-state index contributed by atoms with van der Waals surface area (Å²) in [5, 5.41) is 5.43. The summed E-state index contributed by atoms with van der Waals surface area (Å²) in [5.41, 5.74) is 0.782. The highest BCUT2D eigenvalue weighted by molar-refractivity contribution is 5.74. The Bertz CT molecular complexity index is 696. The lowest BCUT2D eigenvalue weighted by molar-refractivity contribution is -0.274. The van der Waals surface area contributed by atoms with Crippen LogP contribution >= 0.6 is 0 Å². The number of carbonyl (C=O) groups excluding carboxylic acids is 1. The first kappa shape index (κ1) is 18.7. The third kappa shape index (κ3) is 6.40. The summed E-state index contributed by atoms with van der Waals surface area (Å²) in [7, 11) is 0. The van der Waals surface area contributed by atoms with Gasteiger partial charge in [0.15, 0.2) is 0 Å². The van der Waals surface area contributed by atoms with Crippen LogP contribution in [0.25, 0.3) is 0 Å². The van der Waals surface area contributed by atoms with Gasteiger partial charge >= 0.3 is 12.4 Å². The van der Waals surface area contributed by atoms with Gasteiger partial charge in [-0.1, -0.05) is 12.1 Å². The van der Waals surface area contributed by atoms with Crippen LogP contribution in [0.3, 0.4) is 0 Å². The molecule has 25 heavy (non-hydrogen) atoms. The number of carbonyl (C=O) groups is 1. The Hall–Kier alpha value is -2.64. The molecule has 2 rings (SSSR count). The molecule has 0 aliphatic carbocycles. The Morgan fingerprint density at radius 1 is 1.20 bits per heavy atom. The van der Waals surface area contributed by atoms with Crippen LogP contribution in [0.2, 0.25) is 0 Å². The van der Waals surface area contributed by atoms with Gasteiger partial charge in [0, 0.05) is 6.54 Å². The summed E-state index contributed by atoms with van der Waals surface area (Å²) in [5.74, 6) is 1.15.